The summed E-state index contributed by atoms with van der Waals surface area (Å²) >= 11 is 0. The molecule has 0 radical (unpaired) electrons. The quantitative estimate of drug-likeness (QED) is 0.522. The molecular formula is C21H15N3O3. The fourth-order valence-electron chi connectivity index (χ4n) is 2.51. The van der Waals surface area contributed by atoms with Crippen LogP contribution in [0, 0.1) is 0 Å². The van der Waals surface area contributed by atoms with Gasteiger partial charge in [0.15, 0.2) is 0 Å². The molecule has 0 aliphatic carbocycles. The molecule has 3 aromatic carbocycles. The van der Waals surface area contributed by atoms with E-state index in [4.69, 9.17) is 4.42 Å². The third-order valence-corrected chi connectivity index (χ3v) is 3.93. The van der Waals surface area contributed by atoms with Gasteiger partial charge in [-0.1, -0.05) is 18.2 Å². The molecule has 0 unspecified atom stereocenters. The van der Waals surface area contributed by atoms with E-state index < -0.39 is 0 Å². The van der Waals surface area contributed by atoms with Crippen molar-refractivity contribution in [3.8, 4) is 34.4 Å². The van der Waals surface area contributed by atoms with Gasteiger partial charge >= 0.3 is 0 Å². The number of aromatic hydroxyl groups is 2. The molecular weight excluding hydrogens is 342 g/mol. The molecule has 0 saturated carbocycles. The van der Waals surface area contributed by atoms with Gasteiger partial charge in [0.05, 0.1) is 5.69 Å². The van der Waals surface area contributed by atoms with Gasteiger partial charge < -0.3 is 14.6 Å². The maximum atomic E-state index is 9.78. The molecule has 1 aromatic heterocycles. The standard InChI is InChI=1S/C21H15N3O3/c25-18-11-8-16(19(26)12-18)13-22-17-9-6-15(7-10-17)21-24-23-20(27-21)14-4-2-1-3-5-14/h1-13,25-26H. The molecule has 1 heterocycles. The van der Waals surface area contributed by atoms with Crippen molar-refractivity contribution in [3.05, 3.63) is 78.4 Å². The van der Waals surface area contributed by atoms with Crippen LogP contribution in [0.5, 0.6) is 11.5 Å². The fourth-order valence-corrected chi connectivity index (χ4v) is 2.51. The van der Waals surface area contributed by atoms with Crippen LogP contribution in [-0.2, 0) is 0 Å². The highest BCUT2D eigenvalue weighted by molar-refractivity contribution is 5.85. The Labute approximate surface area is 155 Å². The van der Waals surface area contributed by atoms with E-state index in [0.717, 1.165) is 11.1 Å². The zero-order valence-electron chi connectivity index (χ0n) is 14.1. The Hall–Kier alpha value is -3.93. The molecule has 0 amide bonds. The summed E-state index contributed by atoms with van der Waals surface area (Å²) in [6.45, 7) is 0. The molecule has 0 saturated heterocycles. The topological polar surface area (TPSA) is 91.7 Å². The summed E-state index contributed by atoms with van der Waals surface area (Å²) in [4.78, 5) is 4.32. The van der Waals surface area contributed by atoms with Gasteiger partial charge in [0.1, 0.15) is 11.5 Å². The van der Waals surface area contributed by atoms with Crippen molar-refractivity contribution >= 4 is 11.9 Å². The maximum Gasteiger partial charge on any atom is 0.248 e. The van der Waals surface area contributed by atoms with Gasteiger partial charge in [0, 0.05) is 29.0 Å². The van der Waals surface area contributed by atoms with Gasteiger partial charge in [-0.15, -0.1) is 10.2 Å². The molecule has 0 atom stereocenters. The van der Waals surface area contributed by atoms with E-state index in [1.165, 1.54) is 18.3 Å². The minimum atomic E-state index is -0.0327. The van der Waals surface area contributed by atoms with Crippen molar-refractivity contribution in [1.29, 1.82) is 0 Å². The molecule has 6 heteroatoms. The Bertz CT molecular complexity index is 1090. The lowest BCUT2D eigenvalue weighted by atomic mass is 10.2. The first kappa shape index (κ1) is 16.5. The summed E-state index contributed by atoms with van der Waals surface area (Å²) in [5.74, 6) is 0.870. The summed E-state index contributed by atoms with van der Waals surface area (Å²) < 4.78 is 5.73. The molecule has 0 aliphatic rings. The summed E-state index contributed by atoms with van der Waals surface area (Å²) in [5, 5.41) is 27.3. The van der Waals surface area contributed by atoms with Gasteiger partial charge in [0.25, 0.3) is 0 Å². The Morgan fingerprint density at radius 2 is 1.44 bits per heavy atom. The number of phenolic OH excluding ortho intramolecular Hbond substituents is 2. The number of aromatic nitrogens is 2. The smallest absolute Gasteiger partial charge is 0.248 e. The highest BCUT2D eigenvalue weighted by atomic mass is 16.4. The highest BCUT2D eigenvalue weighted by Gasteiger charge is 2.10. The van der Waals surface area contributed by atoms with Crippen LogP contribution in [-0.4, -0.2) is 26.6 Å². The summed E-state index contributed by atoms with van der Waals surface area (Å²) in [6, 6.07) is 21.2. The molecule has 0 bridgehead atoms. The van der Waals surface area contributed by atoms with E-state index >= 15 is 0 Å². The van der Waals surface area contributed by atoms with E-state index in [0.29, 0.717) is 23.0 Å². The molecule has 0 fully saturated rings. The predicted molar refractivity (Wildman–Crippen MR) is 102 cm³/mol. The van der Waals surface area contributed by atoms with E-state index in [1.807, 2.05) is 54.6 Å². The van der Waals surface area contributed by atoms with Crippen LogP contribution >= 0.6 is 0 Å². The highest BCUT2D eigenvalue weighted by Crippen LogP contribution is 2.26. The largest absolute Gasteiger partial charge is 0.508 e. The summed E-state index contributed by atoms with van der Waals surface area (Å²) in [5.41, 5.74) is 2.87. The second-order valence-corrected chi connectivity index (χ2v) is 5.83. The summed E-state index contributed by atoms with van der Waals surface area (Å²) in [6.07, 6.45) is 1.53. The molecule has 4 aromatic rings. The Balaban J connectivity index is 1.52. The molecule has 2 N–H and O–H groups in total. The lowest BCUT2D eigenvalue weighted by Gasteiger charge is -2.00. The van der Waals surface area contributed by atoms with Crippen molar-refractivity contribution < 1.29 is 14.6 Å². The molecule has 0 aliphatic heterocycles. The van der Waals surface area contributed by atoms with Crippen LogP contribution in [0.25, 0.3) is 22.9 Å². The lowest BCUT2D eigenvalue weighted by Crippen LogP contribution is -1.82. The van der Waals surface area contributed by atoms with Gasteiger partial charge in [0.2, 0.25) is 11.8 Å². The number of phenols is 2. The van der Waals surface area contributed by atoms with Gasteiger partial charge in [-0.25, -0.2) is 0 Å². The maximum absolute atomic E-state index is 9.78. The number of hydrogen-bond acceptors (Lipinski definition) is 6. The number of aliphatic imine (C=N–C) groups is 1. The first-order chi connectivity index (χ1) is 13.2. The van der Waals surface area contributed by atoms with E-state index in [1.54, 1.807) is 6.07 Å². The van der Waals surface area contributed by atoms with E-state index in [9.17, 15) is 10.2 Å². The average molecular weight is 357 g/mol. The minimum absolute atomic E-state index is 0.00318. The molecule has 132 valence electrons. The number of hydrogen-bond donors (Lipinski definition) is 2. The van der Waals surface area contributed by atoms with E-state index in [-0.39, 0.29) is 11.5 Å². The van der Waals surface area contributed by atoms with Crippen LogP contribution < -0.4 is 0 Å². The minimum Gasteiger partial charge on any atom is -0.508 e. The van der Waals surface area contributed by atoms with Crippen LogP contribution in [0.2, 0.25) is 0 Å². The van der Waals surface area contributed by atoms with Gasteiger partial charge in [-0.05, 0) is 48.5 Å². The van der Waals surface area contributed by atoms with Crippen LogP contribution in [0.3, 0.4) is 0 Å². The zero-order chi connectivity index (χ0) is 18.6. The average Bonchev–Trinajstić information content (AvgIpc) is 3.19. The first-order valence-corrected chi connectivity index (χ1v) is 8.24. The Morgan fingerprint density at radius 3 is 2.11 bits per heavy atom. The zero-order valence-corrected chi connectivity index (χ0v) is 14.1. The normalized spacial score (nSPS) is 11.1. The van der Waals surface area contributed by atoms with Gasteiger partial charge in [-0.3, -0.25) is 4.99 Å². The SMILES string of the molecule is Oc1ccc(C=Nc2ccc(-c3nnc(-c4ccccc4)o3)cc2)c(O)c1. The lowest BCUT2D eigenvalue weighted by molar-refractivity contribution is 0.450. The Kier molecular flexibility index (Phi) is 4.37. The van der Waals surface area contributed by atoms with E-state index in [2.05, 4.69) is 15.2 Å². The Morgan fingerprint density at radius 1 is 0.778 bits per heavy atom. The van der Waals surface area contributed by atoms with Crippen molar-refractivity contribution in [2.24, 2.45) is 4.99 Å². The second-order valence-electron chi connectivity index (χ2n) is 5.83. The van der Waals surface area contributed by atoms with Crippen molar-refractivity contribution in [2.75, 3.05) is 0 Å². The third-order valence-electron chi connectivity index (χ3n) is 3.93. The molecule has 27 heavy (non-hydrogen) atoms. The fraction of sp³-hybridized carbons (Fsp3) is 0. The first-order valence-electron chi connectivity index (χ1n) is 8.24. The van der Waals surface area contributed by atoms with Crippen LogP contribution in [0.4, 0.5) is 5.69 Å². The number of benzene rings is 3. The predicted octanol–water partition coefficient (Wildman–Crippen LogP) is 4.57. The molecule has 4 rings (SSSR count). The van der Waals surface area contributed by atoms with Crippen LogP contribution in [0.15, 0.2) is 82.2 Å². The number of nitrogens with zero attached hydrogens (tertiary/aromatic N) is 3. The van der Waals surface area contributed by atoms with Crippen molar-refractivity contribution in [2.45, 2.75) is 0 Å². The van der Waals surface area contributed by atoms with Crippen molar-refractivity contribution in [1.82, 2.24) is 10.2 Å². The monoisotopic (exact) mass is 357 g/mol. The third kappa shape index (κ3) is 3.69. The van der Waals surface area contributed by atoms with Gasteiger partial charge in [-0.2, -0.15) is 0 Å². The number of rotatable bonds is 4. The molecule has 6 nitrogen and oxygen atoms in total. The summed E-state index contributed by atoms with van der Waals surface area (Å²) in [7, 11) is 0. The van der Waals surface area contributed by atoms with Crippen molar-refractivity contribution in [3.63, 3.8) is 0 Å². The van der Waals surface area contributed by atoms with Crippen LogP contribution in [0.1, 0.15) is 5.56 Å². The second kappa shape index (κ2) is 7.13. The molecule has 0 spiro atoms.